The number of anilines is 2. The molecule has 0 aliphatic carbocycles. The van der Waals surface area contributed by atoms with Crippen LogP contribution < -0.4 is 16.6 Å². The highest BCUT2D eigenvalue weighted by molar-refractivity contribution is 5.94. The molecule has 0 radical (unpaired) electrons. The Kier molecular flexibility index (Phi) is 5.23. The number of nitrogens with two attached hydrogens (primary N) is 1. The van der Waals surface area contributed by atoms with Gasteiger partial charge in [-0.15, -0.1) is 0 Å². The van der Waals surface area contributed by atoms with Gasteiger partial charge in [0.25, 0.3) is 5.56 Å². The Labute approximate surface area is 181 Å². The Hall–Kier alpha value is -3.67. The van der Waals surface area contributed by atoms with Crippen molar-refractivity contribution in [3.8, 4) is 11.1 Å². The number of fused-ring (bicyclic) bond motifs is 1. The van der Waals surface area contributed by atoms with Gasteiger partial charge in [0.2, 0.25) is 0 Å². The summed E-state index contributed by atoms with van der Waals surface area (Å²) in [5.41, 5.74) is 12.8. The summed E-state index contributed by atoms with van der Waals surface area (Å²) in [6, 6.07) is 13.8. The fourth-order valence-electron chi connectivity index (χ4n) is 3.91. The first-order valence-electron chi connectivity index (χ1n) is 10.3. The second kappa shape index (κ2) is 7.87. The molecular formula is C25H27N5O. The van der Waals surface area contributed by atoms with E-state index >= 15 is 0 Å². The molecule has 0 amide bonds. The normalized spacial score (nSPS) is 12.2. The van der Waals surface area contributed by atoms with E-state index in [0.29, 0.717) is 5.82 Å². The molecule has 2 aromatic carbocycles. The third-order valence-electron chi connectivity index (χ3n) is 5.54. The Morgan fingerprint density at radius 3 is 2.52 bits per heavy atom. The van der Waals surface area contributed by atoms with Crippen LogP contribution in [0.25, 0.3) is 22.0 Å². The summed E-state index contributed by atoms with van der Waals surface area (Å²) in [6.07, 6.45) is 1.79. The zero-order chi connectivity index (χ0) is 22.3. The molecule has 0 spiro atoms. The lowest BCUT2D eigenvalue weighted by molar-refractivity contribution is 0.861. The van der Waals surface area contributed by atoms with Gasteiger partial charge in [0.15, 0.2) is 0 Å². The number of hydrogen-bond acceptors (Lipinski definition) is 5. The molecule has 6 nitrogen and oxygen atoms in total. The van der Waals surface area contributed by atoms with E-state index in [4.69, 9.17) is 5.73 Å². The molecule has 0 saturated heterocycles. The Morgan fingerprint density at radius 1 is 1.03 bits per heavy atom. The highest BCUT2D eigenvalue weighted by atomic mass is 16.1. The monoisotopic (exact) mass is 413 g/mol. The molecular weight excluding hydrogens is 386 g/mol. The van der Waals surface area contributed by atoms with E-state index in [2.05, 4.69) is 40.4 Å². The van der Waals surface area contributed by atoms with Crippen LogP contribution in [0, 0.1) is 20.8 Å². The average molecular weight is 414 g/mol. The van der Waals surface area contributed by atoms with Gasteiger partial charge in [-0.3, -0.25) is 4.79 Å². The number of rotatable bonds is 4. The average Bonchev–Trinajstić information content (AvgIpc) is 2.69. The van der Waals surface area contributed by atoms with Crippen molar-refractivity contribution in [2.45, 2.75) is 33.7 Å². The van der Waals surface area contributed by atoms with E-state index in [1.807, 2.05) is 39.0 Å². The molecule has 158 valence electrons. The van der Waals surface area contributed by atoms with Crippen LogP contribution in [0.2, 0.25) is 0 Å². The van der Waals surface area contributed by atoms with Crippen LogP contribution in [0.15, 0.2) is 53.5 Å². The minimum absolute atomic E-state index is 0.00784. The maximum Gasteiger partial charge on any atom is 0.250 e. The summed E-state index contributed by atoms with van der Waals surface area (Å²) in [4.78, 5) is 21.5. The summed E-state index contributed by atoms with van der Waals surface area (Å²) in [7, 11) is 1.75. The largest absolute Gasteiger partial charge is 0.399 e. The van der Waals surface area contributed by atoms with E-state index in [1.54, 1.807) is 23.9 Å². The first-order valence-corrected chi connectivity index (χ1v) is 10.3. The van der Waals surface area contributed by atoms with Crippen molar-refractivity contribution in [1.82, 2.24) is 14.5 Å². The fraction of sp³-hybridized carbons (Fsp3) is 0.240. The smallest absolute Gasteiger partial charge is 0.250 e. The van der Waals surface area contributed by atoms with Gasteiger partial charge in [-0.25, -0.2) is 9.97 Å². The van der Waals surface area contributed by atoms with Crippen LogP contribution in [0.5, 0.6) is 0 Å². The minimum Gasteiger partial charge on any atom is -0.399 e. The van der Waals surface area contributed by atoms with Crippen LogP contribution in [-0.2, 0) is 7.05 Å². The molecule has 6 heteroatoms. The number of nitrogens with one attached hydrogen (secondary N) is 1. The van der Waals surface area contributed by atoms with Gasteiger partial charge in [0.1, 0.15) is 11.6 Å². The molecule has 0 unspecified atom stereocenters. The van der Waals surface area contributed by atoms with Crippen molar-refractivity contribution in [3.05, 3.63) is 81.5 Å². The van der Waals surface area contributed by atoms with Crippen LogP contribution in [0.3, 0.4) is 0 Å². The van der Waals surface area contributed by atoms with Gasteiger partial charge < -0.3 is 15.6 Å². The predicted octanol–water partition coefficient (Wildman–Crippen LogP) is 4.68. The summed E-state index contributed by atoms with van der Waals surface area (Å²) < 4.78 is 1.56. The van der Waals surface area contributed by atoms with Gasteiger partial charge in [0, 0.05) is 30.4 Å². The van der Waals surface area contributed by atoms with Crippen molar-refractivity contribution in [2.24, 2.45) is 7.05 Å². The first-order chi connectivity index (χ1) is 14.7. The van der Waals surface area contributed by atoms with Gasteiger partial charge in [-0.2, -0.15) is 0 Å². The number of aryl methyl sites for hydroxylation is 4. The number of benzene rings is 2. The lowest BCUT2D eigenvalue weighted by Crippen LogP contribution is -2.14. The summed E-state index contributed by atoms with van der Waals surface area (Å²) in [5, 5.41) is 4.46. The van der Waals surface area contributed by atoms with E-state index in [0.717, 1.165) is 50.2 Å². The lowest BCUT2D eigenvalue weighted by atomic mass is 9.98. The third-order valence-corrected chi connectivity index (χ3v) is 5.54. The molecule has 4 rings (SSSR count). The van der Waals surface area contributed by atoms with Gasteiger partial charge in [0.05, 0.1) is 11.6 Å². The molecule has 0 bridgehead atoms. The summed E-state index contributed by atoms with van der Waals surface area (Å²) >= 11 is 0. The molecule has 0 aliphatic heterocycles. The van der Waals surface area contributed by atoms with Crippen LogP contribution in [0.4, 0.5) is 11.5 Å². The molecule has 3 N–H and O–H groups in total. The molecule has 2 heterocycles. The van der Waals surface area contributed by atoms with Crippen molar-refractivity contribution in [3.63, 3.8) is 0 Å². The molecule has 1 atom stereocenters. The maximum absolute atomic E-state index is 12.2. The molecule has 4 aromatic rings. The second-order valence-corrected chi connectivity index (χ2v) is 8.21. The Balaban J connectivity index is 1.82. The number of aromatic nitrogens is 3. The van der Waals surface area contributed by atoms with Crippen LogP contribution >= 0.6 is 0 Å². The molecule has 0 saturated carbocycles. The van der Waals surface area contributed by atoms with Gasteiger partial charge in [-0.05, 0) is 85.8 Å². The van der Waals surface area contributed by atoms with Crippen LogP contribution in [0.1, 0.15) is 35.5 Å². The topological polar surface area (TPSA) is 85.8 Å². The van der Waals surface area contributed by atoms with Crippen molar-refractivity contribution >= 4 is 22.4 Å². The van der Waals surface area contributed by atoms with Gasteiger partial charge >= 0.3 is 0 Å². The molecule has 0 fully saturated rings. The first kappa shape index (κ1) is 20.6. The number of pyridine rings is 1. The highest BCUT2D eigenvalue weighted by Crippen LogP contribution is 2.32. The van der Waals surface area contributed by atoms with E-state index in [-0.39, 0.29) is 11.6 Å². The maximum atomic E-state index is 12.2. The van der Waals surface area contributed by atoms with Crippen molar-refractivity contribution < 1.29 is 0 Å². The quantitative estimate of drug-likeness (QED) is 0.475. The minimum atomic E-state index is -0.0406. The van der Waals surface area contributed by atoms with Crippen molar-refractivity contribution in [2.75, 3.05) is 11.1 Å². The van der Waals surface area contributed by atoms with Crippen LogP contribution in [-0.4, -0.2) is 14.5 Å². The van der Waals surface area contributed by atoms with Crippen molar-refractivity contribution in [1.29, 1.82) is 0 Å². The summed E-state index contributed by atoms with van der Waals surface area (Å²) in [5.74, 6) is 1.46. The number of nitrogen functional groups attached to an aromatic ring is 1. The zero-order valence-corrected chi connectivity index (χ0v) is 18.5. The number of hydrogen-bond donors (Lipinski definition) is 2. The molecule has 0 aliphatic rings. The lowest BCUT2D eigenvalue weighted by Gasteiger charge is -2.19. The SMILES string of the molecule is Cc1cc(N)cc([C@@H](C)Nc2nc(C)nc3cc(C)c(-c4ccn(C)c(=O)c4)cc23)c1. The van der Waals surface area contributed by atoms with E-state index in [9.17, 15) is 4.79 Å². The van der Waals surface area contributed by atoms with E-state index in [1.165, 1.54) is 0 Å². The second-order valence-electron chi connectivity index (χ2n) is 8.21. The van der Waals surface area contributed by atoms with E-state index < -0.39 is 0 Å². The predicted molar refractivity (Wildman–Crippen MR) is 127 cm³/mol. The summed E-state index contributed by atoms with van der Waals surface area (Å²) in [6.45, 7) is 8.06. The zero-order valence-electron chi connectivity index (χ0n) is 18.5. The molecule has 2 aromatic heterocycles. The standard InChI is InChI=1S/C25H27N5O/c1-14-8-19(11-20(26)9-14)16(3)27-25-22-13-21(18-6-7-30(5)24(31)12-18)15(2)10-23(22)28-17(4)29-25/h6-13,16H,26H2,1-5H3,(H,27,28,29)/t16-/m1/s1. The number of nitrogens with zero attached hydrogens (tertiary/aromatic N) is 3. The highest BCUT2D eigenvalue weighted by Gasteiger charge is 2.14. The third kappa shape index (κ3) is 4.14. The molecule has 31 heavy (non-hydrogen) atoms. The fourth-order valence-corrected chi connectivity index (χ4v) is 3.91. The Bertz CT molecular complexity index is 1340. The Morgan fingerprint density at radius 2 is 1.81 bits per heavy atom. The van der Waals surface area contributed by atoms with Gasteiger partial charge in [-0.1, -0.05) is 6.07 Å².